The predicted molar refractivity (Wildman–Crippen MR) is 250 cm³/mol. The van der Waals surface area contributed by atoms with Crippen molar-refractivity contribution in [1.82, 2.24) is 5.32 Å². The van der Waals surface area contributed by atoms with Gasteiger partial charge in [-0.2, -0.15) is 0 Å². The molecule has 0 saturated carbocycles. The quantitative estimate of drug-likeness (QED) is 0.0212. The van der Waals surface area contributed by atoms with E-state index in [2.05, 4.69) is 128 Å². The van der Waals surface area contributed by atoms with Gasteiger partial charge in [0.2, 0.25) is 5.91 Å². The first kappa shape index (κ1) is 55.9. The molecule has 0 spiro atoms. The van der Waals surface area contributed by atoms with E-state index >= 15 is 0 Å². The summed E-state index contributed by atoms with van der Waals surface area (Å²) in [5.41, 5.74) is 0. The Hall–Kier alpha value is -3.14. The van der Waals surface area contributed by atoms with Crippen LogP contribution in [0.15, 0.2) is 122 Å². The highest BCUT2D eigenvalue weighted by Gasteiger charge is 2.31. The molecule has 0 aliphatic carbocycles. The van der Waals surface area contributed by atoms with Crippen molar-refractivity contribution in [2.24, 2.45) is 0 Å². The molecule has 4 unspecified atom stereocenters. The van der Waals surface area contributed by atoms with Gasteiger partial charge in [0.25, 0.3) is 0 Å². The van der Waals surface area contributed by atoms with E-state index in [1.165, 1.54) is 0 Å². The Morgan fingerprint density at radius 3 is 1.53 bits per heavy atom. The second kappa shape index (κ2) is 39.0. The molecule has 0 rings (SSSR count). The maximum absolute atomic E-state index is 12.9. The number of phosphoric acid groups is 1. The van der Waals surface area contributed by atoms with Crippen molar-refractivity contribution < 1.29 is 38.0 Å². The fourth-order valence-electron chi connectivity index (χ4n) is 5.34. The lowest BCUT2D eigenvalue weighted by atomic mass is 10.0. The molecule has 0 aliphatic rings. The number of phosphoric ester groups is 1. The van der Waals surface area contributed by atoms with Gasteiger partial charge in [0.15, 0.2) is 0 Å². The molecule has 0 aromatic heterocycles. The van der Waals surface area contributed by atoms with Crippen molar-refractivity contribution in [1.29, 1.82) is 0 Å². The van der Waals surface area contributed by atoms with Gasteiger partial charge in [-0.05, 0) is 110 Å². The molecule has 4 N–H and O–H groups in total. The third kappa shape index (κ3) is 40.1. The fourth-order valence-corrected chi connectivity index (χ4v) is 6.08. The zero-order chi connectivity index (χ0) is 43.7. The summed E-state index contributed by atoms with van der Waals surface area (Å²) in [6.07, 6.45) is 54.3. The Bertz CT molecular complexity index is 1380. The number of likely N-dealkylation sites (N-methyl/N-ethyl adjacent to an activating group) is 1. The van der Waals surface area contributed by atoms with Crippen LogP contribution in [-0.4, -0.2) is 84.6 Å². The normalized spacial score (nSPS) is 16.0. The number of aliphatic hydroxyl groups excluding tert-OH is 2. The molecule has 0 aromatic carbocycles. The van der Waals surface area contributed by atoms with Crippen LogP contribution in [0, 0.1) is 0 Å². The number of nitrogens with zero attached hydrogens (tertiary/aromatic N) is 1. The molecule has 59 heavy (non-hydrogen) atoms. The molecule has 0 aromatic rings. The van der Waals surface area contributed by atoms with E-state index in [1.54, 1.807) is 0 Å². The fraction of sp³-hybridized carbons (Fsp3) is 0.571. The van der Waals surface area contributed by atoms with E-state index in [-0.39, 0.29) is 18.9 Å². The maximum Gasteiger partial charge on any atom is 0.472 e. The summed E-state index contributed by atoms with van der Waals surface area (Å²) in [5.74, 6) is -0.340. The zero-order valence-electron chi connectivity index (χ0n) is 37.3. The highest BCUT2D eigenvalue weighted by molar-refractivity contribution is 7.47. The monoisotopic (exact) mass is 842 g/mol. The van der Waals surface area contributed by atoms with Gasteiger partial charge in [0, 0.05) is 6.42 Å². The van der Waals surface area contributed by atoms with Crippen LogP contribution >= 0.6 is 7.82 Å². The Balaban J connectivity index is 4.66. The third-order valence-electron chi connectivity index (χ3n) is 8.84. The lowest BCUT2D eigenvalue weighted by Gasteiger charge is -2.28. The van der Waals surface area contributed by atoms with Gasteiger partial charge in [-0.15, -0.1) is 0 Å². The second-order valence-electron chi connectivity index (χ2n) is 15.5. The van der Waals surface area contributed by atoms with E-state index in [0.717, 1.165) is 77.0 Å². The Labute approximate surface area is 359 Å². The first-order valence-electron chi connectivity index (χ1n) is 22.0. The summed E-state index contributed by atoms with van der Waals surface area (Å²) in [5, 5.41) is 24.5. The average Bonchev–Trinajstić information content (AvgIpc) is 3.19. The van der Waals surface area contributed by atoms with Gasteiger partial charge in [-0.1, -0.05) is 128 Å². The first-order valence-corrected chi connectivity index (χ1v) is 23.4. The molecule has 334 valence electrons. The van der Waals surface area contributed by atoms with Crippen molar-refractivity contribution in [2.45, 2.75) is 141 Å². The molecule has 1 amide bonds. The number of allylic oxidation sites excluding steroid dienone is 20. The number of amides is 1. The van der Waals surface area contributed by atoms with Crippen molar-refractivity contribution >= 4 is 13.7 Å². The molecule has 0 bridgehead atoms. The van der Waals surface area contributed by atoms with E-state index < -0.39 is 32.7 Å². The molecule has 0 aliphatic heterocycles. The molecule has 0 radical (unpaired) electrons. The Kier molecular flexibility index (Phi) is 36.9. The number of unbranched alkanes of at least 4 members (excludes halogenated alkanes) is 4. The second-order valence-corrected chi connectivity index (χ2v) is 16.9. The van der Waals surface area contributed by atoms with Crippen LogP contribution in [0.1, 0.15) is 123 Å². The lowest BCUT2D eigenvalue weighted by molar-refractivity contribution is -0.870. The highest BCUT2D eigenvalue weighted by Crippen LogP contribution is 2.43. The zero-order valence-corrected chi connectivity index (χ0v) is 38.2. The Morgan fingerprint density at radius 1 is 0.627 bits per heavy atom. The summed E-state index contributed by atoms with van der Waals surface area (Å²) >= 11 is 0. The minimum Gasteiger partial charge on any atom is -0.390 e. The third-order valence-corrected chi connectivity index (χ3v) is 9.82. The van der Waals surface area contributed by atoms with Gasteiger partial charge < -0.3 is 24.9 Å². The maximum atomic E-state index is 12.9. The smallest absolute Gasteiger partial charge is 0.390 e. The number of aliphatic hydroxyl groups is 2. The number of nitrogens with one attached hydrogen (secondary N) is 1. The van der Waals surface area contributed by atoms with Crippen LogP contribution in [0.5, 0.6) is 0 Å². The van der Waals surface area contributed by atoms with Crippen molar-refractivity contribution in [3.63, 3.8) is 0 Å². The number of quaternary nitrogens is 1. The van der Waals surface area contributed by atoms with Crippen molar-refractivity contribution in [3.8, 4) is 0 Å². The van der Waals surface area contributed by atoms with Crippen LogP contribution in [0.3, 0.4) is 0 Å². The average molecular weight is 842 g/mol. The number of carbonyl (C=O) groups is 1. The molecule has 10 heteroatoms. The minimum absolute atomic E-state index is 0.00649. The van der Waals surface area contributed by atoms with Crippen LogP contribution in [-0.2, 0) is 18.4 Å². The molecular weight excluding hydrogens is 760 g/mol. The van der Waals surface area contributed by atoms with E-state index in [9.17, 15) is 24.5 Å². The molecule has 0 saturated heterocycles. The summed E-state index contributed by atoms with van der Waals surface area (Å²) in [4.78, 5) is 23.1. The molecule has 0 fully saturated rings. The number of hydrogen-bond acceptors (Lipinski definition) is 6. The van der Waals surface area contributed by atoms with Gasteiger partial charge in [0.05, 0.1) is 39.9 Å². The van der Waals surface area contributed by atoms with Crippen molar-refractivity contribution in [3.05, 3.63) is 122 Å². The molecule has 9 nitrogen and oxygen atoms in total. The summed E-state index contributed by atoms with van der Waals surface area (Å²) in [6.45, 7) is 4.15. The molecule has 4 atom stereocenters. The van der Waals surface area contributed by atoms with E-state index in [1.807, 2.05) is 34.1 Å². The highest BCUT2D eigenvalue weighted by atomic mass is 31.2. The van der Waals surface area contributed by atoms with Crippen LogP contribution in [0.2, 0.25) is 0 Å². The molecule has 0 heterocycles. The van der Waals surface area contributed by atoms with Gasteiger partial charge in [-0.25, -0.2) is 4.57 Å². The predicted octanol–water partition coefficient (Wildman–Crippen LogP) is 11.3. The number of hydrogen-bond donors (Lipinski definition) is 4. The standard InChI is InChI=1S/C49H81N2O7P/c1-6-8-10-12-14-16-18-20-21-22-23-24-25-26-27-28-29-30-32-34-36-38-40-42-48(53)50-46(45-58-59(55,56)57-44-43-51(3,4)5)49(54)47(52)41-39-37-35-33-31-19-17-15-13-11-9-7-2/h7-10,14-17,20-21,23-24,26-27,29-30,33-36,46-47,49,52,54H,6,11-13,18-19,22,25,28,31-32,37-45H2,1-5H3,(H-,50,53,55,56)/p+1/b9-7+,10-8-,16-14-,17-15+,21-20-,24-23-,27-26-,30-29-,35-33+,36-34-. The lowest BCUT2D eigenvalue weighted by Crippen LogP contribution is -2.51. The largest absolute Gasteiger partial charge is 0.472 e. The van der Waals surface area contributed by atoms with Crippen LogP contribution in [0.25, 0.3) is 0 Å². The number of carbonyl (C=O) groups excluding carboxylic acids is 1. The molecular formula is C49H82N2O7P+. The van der Waals surface area contributed by atoms with Crippen molar-refractivity contribution in [2.75, 3.05) is 40.9 Å². The van der Waals surface area contributed by atoms with Gasteiger partial charge in [0.1, 0.15) is 19.3 Å². The van der Waals surface area contributed by atoms with Gasteiger partial charge in [-0.3, -0.25) is 13.8 Å². The minimum atomic E-state index is -4.45. The first-order chi connectivity index (χ1) is 28.4. The van der Waals surface area contributed by atoms with E-state index in [4.69, 9.17) is 9.05 Å². The Morgan fingerprint density at radius 2 is 1.05 bits per heavy atom. The van der Waals surface area contributed by atoms with Gasteiger partial charge >= 0.3 is 7.82 Å². The summed E-state index contributed by atoms with van der Waals surface area (Å²) < 4.78 is 23.4. The summed E-state index contributed by atoms with van der Waals surface area (Å²) in [7, 11) is 1.34. The van der Waals surface area contributed by atoms with Crippen LogP contribution < -0.4 is 5.32 Å². The van der Waals surface area contributed by atoms with Crippen LogP contribution in [0.4, 0.5) is 0 Å². The SMILES string of the molecule is C/C=C/CC/C=C/CC/C=C/CCCC(O)C(O)C(COP(=O)(O)OCC[N+](C)(C)C)NC(=O)CCC/C=C\C/C=C\C/C=C\C/C=C\C/C=C\C/C=C\C/C=C\CC. The van der Waals surface area contributed by atoms with E-state index in [0.29, 0.717) is 36.7 Å². The summed E-state index contributed by atoms with van der Waals surface area (Å²) in [6, 6.07) is -1.10. The topological polar surface area (TPSA) is 125 Å². The number of rotatable bonds is 37.